The highest BCUT2D eigenvalue weighted by Gasteiger charge is 2.43. The number of rotatable bonds is 5. The fourth-order valence-corrected chi connectivity index (χ4v) is 3.81. The molecule has 1 unspecified atom stereocenters. The molecule has 0 amide bonds. The first-order valence-electron chi connectivity index (χ1n) is 5.72. The van der Waals surface area contributed by atoms with Crippen LogP contribution in [0.2, 0.25) is 5.02 Å². The minimum Gasteiger partial charge on any atom is -0.480 e. The van der Waals surface area contributed by atoms with Gasteiger partial charge in [0.15, 0.2) is 0 Å². The predicted octanol–water partition coefficient (Wildman–Crippen LogP) is 1.79. The number of nitrogens with zero attached hydrogens (tertiary/aromatic N) is 1. The molecular formula is C11H10ClF2NO5S. The highest BCUT2D eigenvalue weighted by atomic mass is 35.5. The van der Waals surface area contributed by atoms with Gasteiger partial charge >= 0.3 is 12.6 Å². The molecule has 1 N–H and O–H groups in total. The number of benzene rings is 1. The number of ether oxygens (including phenoxy) is 1. The van der Waals surface area contributed by atoms with E-state index in [0.29, 0.717) is 0 Å². The van der Waals surface area contributed by atoms with E-state index in [1.807, 2.05) is 0 Å². The zero-order valence-corrected chi connectivity index (χ0v) is 11.9. The molecule has 1 aliphatic rings. The van der Waals surface area contributed by atoms with Crippen molar-refractivity contribution in [2.75, 3.05) is 6.54 Å². The van der Waals surface area contributed by atoms with Gasteiger partial charge in [0, 0.05) is 6.54 Å². The lowest BCUT2D eigenvalue weighted by Gasteiger charge is -2.36. The first kappa shape index (κ1) is 15.9. The van der Waals surface area contributed by atoms with Gasteiger partial charge in [-0.25, -0.2) is 8.42 Å². The summed E-state index contributed by atoms with van der Waals surface area (Å²) in [5.41, 5.74) is 0. The van der Waals surface area contributed by atoms with E-state index in [4.69, 9.17) is 16.7 Å². The third-order valence-corrected chi connectivity index (χ3v) is 5.18. The standard InChI is InChI=1S/C11H10ClF2NO5S/c12-7-5-6(1-2-9(7)20-11(13)14)21(18,19)15-4-3-8(15)10(16)17/h1-2,5,8,11H,3-4H2,(H,16,17). The molecule has 1 aromatic rings. The van der Waals surface area contributed by atoms with E-state index in [1.165, 1.54) is 0 Å². The molecule has 0 aromatic heterocycles. The molecule has 1 aliphatic heterocycles. The van der Waals surface area contributed by atoms with Crippen LogP contribution >= 0.6 is 11.6 Å². The number of carboxylic acids is 1. The van der Waals surface area contributed by atoms with Gasteiger partial charge in [-0.05, 0) is 24.6 Å². The van der Waals surface area contributed by atoms with Crippen LogP contribution in [0.25, 0.3) is 0 Å². The lowest BCUT2D eigenvalue weighted by Crippen LogP contribution is -2.54. The highest BCUT2D eigenvalue weighted by molar-refractivity contribution is 7.89. The summed E-state index contributed by atoms with van der Waals surface area (Å²) < 4.78 is 53.6. The van der Waals surface area contributed by atoms with Gasteiger partial charge in [-0.3, -0.25) is 4.79 Å². The zero-order valence-electron chi connectivity index (χ0n) is 10.4. The van der Waals surface area contributed by atoms with E-state index in [-0.39, 0.29) is 28.6 Å². The monoisotopic (exact) mass is 341 g/mol. The van der Waals surface area contributed by atoms with Crippen LogP contribution in [-0.2, 0) is 14.8 Å². The average Bonchev–Trinajstić information content (AvgIpc) is 2.28. The molecule has 1 fully saturated rings. The van der Waals surface area contributed by atoms with Crippen molar-refractivity contribution in [1.29, 1.82) is 0 Å². The van der Waals surface area contributed by atoms with E-state index in [2.05, 4.69) is 4.74 Å². The van der Waals surface area contributed by atoms with Gasteiger partial charge in [-0.1, -0.05) is 11.6 Å². The Morgan fingerprint density at radius 2 is 2.14 bits per heavy atom. The van der Waals surface area contributed by atoms with E-state index in [1.54, 1.807) is 0 Å². The number of sulfonamides is 1. The Kier molecular flexibility index (Phi) is 4.35. The van der Waals surface area contributed by atoms with Gasteiger partial charge in [0.1, 0.15) is 11.8 Å². The molecule has 0 radical (unpaired) electrons. The van der Waals surface area contributed by atoms with Crippen LogP contribution in [0.5, 0.6) is 5.75 Å². The number of carbonyl (C=O) groups is 1. The normalized spacial score (nSPS) is 19.3. The molecule has 21 heavy (non-hydrogen) atoms. The van der Waals surface area contributed by atoms with E-state index >= 15 is 0 Å². The second-order valence-corrected chi connectivity index (χ2v) is 6.53. The summed E-state index contributed by atoms with van der Waals surface area (Å²) in [5.74, 6) is -1.60. The number of carboxylic acid groups (broad SMARTS) is 1. The van der Waals surface area contributed by atoms with E-state index in [9.17, 15) is 22.0 Å². The van der Waals surface area contributed by atoms with Crippen LogP contribution in [-0.4, -0.2) is 43.0 Å². The van der Waals surface area contributed by atoms with Crippen molar-refractivity contribution < 1.29 is 31.8 Å². The quantitative estimate of drug-likeness (QED) is 0.882. The Labute approximate surface area is 123 Å². The molecule has 0 aliphatic carbocycles. The van der Waals surface area contributed by atoms with Gasteiger partial charge in [0.05, 0.1) is 9.92 Å². The lowest BCUT2D eigenvalue weighted by atomic mass is 10.1. The van der Waals surface area contributed by atoms with Crippen LogP contribution < -0.4 is 4.74 Å². The molecule has 0 bridgehead atoms. The van der Waals surface area contributed by atoms with Gasteiger partial charge in [0.25, 0.3) is 0 Å². The van der Waals surface area contributed by atoms with Crippen molar-refractivity contribution in [3.8, 4) is 5.75 Å². The first-order valence-corrected chi connectivity index (χ1v) is 7.54. The number of alkyl halides is 2. The molecule has 0 saturated carbocycles. The smallest absolute Gasteiger partial charge is 0.387 e. The summed E-state index contributed by atoms with van der Waals surface area (Å²) in [5, 5.41) is 8.57. The van der Waals surface area contributed by atoms with Gasteiger partial charge in [-0.2, -0.15) is 13.1 Å². The molecule has 6 nitrogen and oxygen atoms in total. The first-order chi connectivity index (χ1) is 9.73. The predicted molar refractivity (Wildman–Crippen MR) is 68.0 cm³/mol. The summed E-state index contributed by atoms with van der Waals surface area (Å²) in [6, 6.07) is 1.87. The SMILES string of the molecule is O=C(O)C1CCN1S(=O)(=O)c1ccc(OC(F)F)c(Cl)c1. The van der Waals surface area contributed by atoms with Crippen LogP contribution in [0.4, 0.5) is 8.78 Å². The molecule has 1 heterocycles. The summed E-state index contributed by atoms with van der Waals surface area (Å²) in [6.45, 7) is -3.01. The van der Waals surface area contributed by atoms with Crippen molar-refractivity contribution >= 4 is 27.6 Å². The molecular weight excluding hydrogens is 332 g/mol. The Morgan fingerprint density at radius 3 is 2.57 bits per heavy atom. The summed E-state index contributed by atoms with van der Waals surface area (Å²) in [6.07, 6.45) is 0.217. The van der Waals surface area contributed by atoms with Crippen molar-refractivity contribution in [2.24, 2.45) is 0 Å². The molecule has 116 valence electrons. The number of hydrogen-bond donors (Lipinski definition) is 1. The van der Waals surface area contributed by atoms with Crippen LogP contribution in [0, 0.1) is 0 Å². The Bertz CT molecular complexity index is 667. The third kappa shape index (κ3) is 3.09. The number of hydrogen-bond acceptors (Lipinski definition) is 4. The molecule has 2 rings (SSSR count). The molecule has 10 heteroatoms. The molecule has 0 spiro atoms. The molecule has 1 atom stereocenters. The molecule has 1 aromatic carbocycles. The maximum atomic E-state index is 12.2. The van der Waals surface area contributed by atoms with Gasteiger partial charge in [0.2, 0.25) is 10.0 Å². The Hall–Kier alpha value is -1.45. The van der Waals surface area contributed by atoms with Crippen molar-refractivity contribution in [1.82, 2.24) is 4.31 Å². The highest BCUT2D eigenvalue weighted by Crippen LogP contribution is 2.32. The maximum absolute atomic E-state index is 12.2. The Balaban J connectivity index is 2.29. The van der Waals surface area contributed by atoms with Crippen molar-refractivity contribution in [3.05, 3.63) is 23.2 Å². The maximum Gasteiger partial charge on any atom is 0.387 e. The van der Waals surface area contributed by atoms with E-state index in [0.717, 1.165) is 22.5 Å². The largest absolute Gasteiger partial charge is 0.480 e. The van der Waals surface area contributed by atoms with Crippen molar-refractivity contribution in [3.63, 3.8) is 0 Å². The summed E-state index contributed by atoms with van der Waals surface area (Å²) >= 11 is 5.69. The second kappa shape index (κ2) is 5.74. The Morgan fingerprint density at radius 1 is 1.48 bits per heavy atom. The van der Waals surface area contributed by atoms with E-state index < -0.39 is 28.6 Å². The van der Waals surface area contributed by atoms with Gasteiger partial charge < -0.3 is 9.84 Å². The van der Waals surface area contributed by atoms with Gasteiger partial charge in [-0.15, -0.1) is 0 Å². The van der Waals surface area contributed by atoms with Crippen LogP contribution in [0.1, 0.15) is 6.42 Å². The number of halogens is 3. The van der Waals surface area contributed by atoms with Crippen LogP contribution in [0.15, 0.2) is 23.1 Å². The van der Waals surface area contributed by atoms with Crippen molar-refractivity contribution in [2.45, 2.75) is 24.0 Å². The average molecular weight is 342 g/mol. The minimum absolute atomic E-state index is 0.0756. The summed E-state index contributed by atoms with van der Waals surface area (Å²) in [7, 11) is -4.04. The zero-order chi connectivity index (χ0) is 15.8. The number of aliphatic carboxylic acids is 1. The minimum atomic E-state index is -4.04. The summed E-state index contributed by atoms with van der Waals surface area (Å²) in [4.78, 5) is 10.6. The lowest BCUT2D eigenvalue weighted by molar-refractivity contribution is -0.144. The topological polar surface area (TPSA) is 83.9 Å². The molecule has 1 saturated heterocycles. The fourth-order valence-electron chi connectivity index (χ4n) is 1.87. The third-order valence-electron chi connectivity index (χ3n) is 2.98. The fraction of sp³-hybridized carbons (Fsp3) is 0.364. The van der Waals surface area contributed by atoms with Crippen LogP contribution in [0.3, 0.4) is 0 Å². The second-order valence-electron chi connectivity index (χ2n) is 4.23.